The number of amides is 1. The van der Waals surface area contributed by atoms with Crippen LogP contribution in [0.2, 0.25) is 0 Å². The number of rotatable bonds is 2. The fourth-order valence-electron chi connectivity index (χ4n) is 3.68. The van der Waals surface area contributed by atoms with Gasteiger partial charge >= 0.3 is 0 Å². The quantitative estimate of drug-likeness (QED) is 0.896. The number of aromatic amines is 1. The molecule has 0 unspecified atom stereocenters. The lowest BCUT2D eigenvalue weighted by Crippen LogP contribution is -2.34. The maximum atomic E-state index is 12.9. The van der Waals surface area contributed by atoms with Crippen LogP contribution in [0, 0.1) is 0 Å². The van der Waals surface area contributed by atoms with E-state index in [4.69, 9.17) is 4.74 Å². The first-order valence-corrected chi connectivity index (χ1v) is 8.37. The van der Waals surface area contributed by atoms with E-state index in [2.05, 4.69) is 21.6 Å². The minimum atomic E-state index is -0.0890. The van der Waals surface area contributed by atoms with Crippen molar-refractivity contribution in [2.45, 2.75) is 44.1 Å². The molecule has 1 aliphatic heterocycles. The van der Waals surface area contributed by atoms with Crippen LogP contribution in [0.4, 0.5) is 0 Å². The van der Waals surface area contributed by atoms with Crippen LogP contribution in [-0.4, -0.2) is 22.7 Å². The zero-order chi connectivity index (χ0) is 15.6. The van der Waals surface area contributed by atoms with Crippen LogP contribution in [0.25, 0.3) is 0 Å². The van der Waals surface area contributed by atoms with Gasteiger partial charge in [0.25, 0.3) is 0 Å². The molecular weight excluding hydrogens is 290 g/mol. The second-order valence-corrected chi connectivity index (χ2v) is 6.34. The molecule has 2 heterocycles. The summed E-state index contributed by atoms with van der Waals surface area (Å²) < 4.78 is 5.78. The van der Waals surface area contributed by atoms with Crippen LogP contribution in [0.15, 0.2) is 30.5 Å². The molecule has 1 amide bonds. The average Bonchev–Trinajstić information content (AvgIpc) is 2.97. The summed E-state index contributed by atoms with van der Waals surface area (Å²) in [6, 6.07) is 8.03. The van der Waals surface area contributed by atoms with Gasteiger partial charge in [0, 0.05) is 16.8 Å². The van der Waals surface area contributed by atoms with Crippen molar-refractivity contribution in [1.29, 1.82) is 0 Å². The fourth-order valence-corrected chi connectivity index (χ4v) is 3.68. The number of para-hydroxylation sites is 1. The number of carbonyl (C=O) groups is 1. The van der Waals surface area contributed by atoms with Gasteiger partial charge in [-0.2, -0.15) is 5.10 Å². The average molecular weight is 311 g/mol. The summed E-state index contributed by atoms with van der Waals surface area (Å²) in [7, 11) is 0. The number of fused-ring (bicyclic) bond motifs is 2. The predicted molar refractivity (Wildman–Crippen MR) is 86.3 cm³/mol. The Labute approximate surface area is 135 Å². The highest BCUT2D eigenvalue weighted by Crippen LogP contribution is 2.34. The Hall–Kier alpha value is -2.30. The molecule has 1 aromatic carbocycles. The van der Waals surface area contributed by atoms with Crippen molar-refractivity contribution in [1.82, 2.24) is 15.5 Å². The summed E-state index contributed by atoms with van der Waals surface area (Å²) in [5, 5.41) is 10.4. The lowest BCUT2D eigenvalue weighted by atomic mass is 9.86. The largest absolute Gasteiger partial charge is 0.493 e. The number of hydrogen-bond donors (Lipinski definition) is 2. The molecular formula is C18H21N3O2. The van der Waals surface area contributed by atoms with Gasteiger partial charge in [-0.15, -0.1) is 0 Å². The SMILES string of the molecule is O=C(N[C@@H]1CCCOc2ccccc21)[C@H]1CCCc2[nH]ncc21. The van der Waals surface area contributed by atoms with Gasteiger partial charge in [0.15, 0.2) is 0 Å². The van der Waals surface area contributed by atoms with Crippen LogP contribution in [0.1, 0.15) is 54.5 Å². The van der Waals surface area contributed by atoms with Gasteiger partial charge in [0.2, 0.25) is 5.91 Å². The van der Waals surface area contributed by atoms with Crippen LogP contribution in [0.3, 0.4) is 0 Å². The Morgan fingerprint density at radius 1 is 1.22 bits per heavy atom. The minimum absolute atomic E-state index is 0.0264. The van der Waals surface area contributed by atoms with Crippen LogP contribution in [-0.2, 0) is 11.2 Å². The number of aromatic nitrogens is 2. The Morgan fingerprint density at radius 3 is 3.09 bits per heavy atom. The van der Waals surface area contributed by atoms with Crippen molar-refractivity contribution >= 4 is 5.91 Å². The van der Waals surface area contributed by atoms with E-state index < -0.39 is 0 Å². The number of carbonyl (C=O) groups excluding carboxylic acids is 1. The van der Waals surface area contributed by atoms with Gasteiger partial charge < -0.3 is 10.1 Å². The maximum absolute atomic E-state index is 12.9. The van der Waals surface area contributed by atoms with Gasteiger partial charge in [-0.3, -0.25) is 9.89 Å². The summed E-state index contributed by atoms with van der Waals surface area (Å²) in [6.07, 6.45) is 6.57. The first-order chi connectivity index (χ1) is 11.3. The molecule has 5 nitrogen and oxygen atoms in total. The lowest BCUT2D eigenvalue weighted by molar-refractivity contribution is -0.123. The monoisotopic (exact) mass is 311 g/mol. The topological polar surface area (TPSA) is 67.0 Å². The first kappa shape index (κ1) is 14.3. The highest BCUT2D eigenvalue weighted by molar-refractivity contribution is 5.84. The summed E-state index contributed by atoms with van der Waals surface area (Å²) in [6.45, 7) is 0.707. The van der Waals surface area contributed by atoms with Crippen LogP contribution >= 0.6 is 0 Å². The molecule has 0 bridgehead atoms. The van der Waals surface area contributed by atoms with Crippen molar-refractivity contribution in [3.05, 3.63) is 47.3 Å². The second kappa shape index (κ2) is 6.07. The van der Waals surface area contributed by atoms with E-state index in [-0.39, 0.29) is 17.9 Å². The molecule has 1 aromatic heterocycles. The van der Waals surface area contributed by atoms with Crippen molar-refractivity contribution in [2.24, 2.45) is 0 Å². The molecule has 2 N–H and O–H groups in total. The molecule has 0 radical (unpaired) electrons. The second-order valence-electron chi connectivity index (χ2n) is 6.34. The number of nitrogens with one attached hydrogen (secondary N) is 2. The van der Waals surface area contributed by atoms with E-state index >= 15 is 0 Å². The molecule has 2 aliphatic rings. The third kappa shape index (κ3) is 2.71. The van der Waals surface area contributed by atoms with Gasteiger partial charge in [-0.1, -0.05) is 18.2 Å². The number of hydrogen-bond acceptors (Lipinski definition) is 3. The van der Waals surface area contributed by atoms with E-state index in [0.29, 0.717) is 6.61 Å². The first-order valence-electron chi connectivity index (χ1n) is 8.37. The summed E-state index contributed by atoms with van der Waals surface area (Å²) in [5.41, 5.74) is 3.26. The Morgan fingerprint density at radius 2 is 2.13 bits per heavy atom. The van der Waals surface area contributed by atoms with Crippen LogP contribution < -0.4 is 10.1 Å². The van der Waals surface area contributed by atoms with E-state index in [1.165, 1.54) is 0 Å². The molecule has 0 saturated heterocycles. The molecule has 0 fully saturated rings. The normalized spacial score (nSPS) is 23.1. The van der Waals surface area contributed by atoms with Gasteiger partial charge in [0.1, 0.15) is 5.75 Å². The Balaban J connectivity index is 1.56. The molecule has 2 aromatic rings. The van der Waals surface area contributed by atoms with Crippen molar-refractivity contribution in [2.75, 3.05) is 6.61 Å². The Bertz CT molecular complexity index is 710. The maximum Gasteiger partial charge on any atom is 0.228 e. The van der Waals surface area contributed by atoms with E-state index in [1.807, 2.05) is 24.4 Å². The zero-order valence-electron chi connectivity index (χ0n) is 13.0. The van der Waals surface area contributed by atoms with E-state index in [1.54, 1.807) is 0 Å². The van der Waals surface area contributed by atoms with E-state index in [0.717, 1.165) is 54.7 Å². The van der Waals surface area contributed by atoms with Crippen molar-refractivity contribution < 1.29 is 9.53 Å². The molecule has 5 heteroatoms. The molecule has 0 spiro atoms. The standard InChI is InChI=1S/C18H21N3O2/c22-18(12-6-3-7-16-14(12)11-19-21-16)20-15-8-4-10-23-17-9-2-1-5-13(15)17/h1-2,5,9,11-12,15H,3-4,6-8,10H2,(H,19,21)(H,20,22)/t12-,15+/m0/s1. The minimum Gasteiger partial charge on any atom is -0.493 e. The van der Waals surface area contributed by atoms with Gasteiger partial charge in [-0.05, 0) is 38.2 Å². The summed E-state index contributed by atoms with van der Waals surface area (Å²) >= 11 is 0. The predicted octanol–water partition coefficient (Wildman–Crippen LogP) is 2.86. The lowest BCUT2D eigenvalue weighted by Gasteiger charge is -2.25. The number of ether oxygens (including phenoxy) is 1. The van der Waals surface area contributed by atoms with E-state index in [9.17, 15) is 4.79 Å². The third-order valence-corrected chi connectivity index (χ3v) is 4.87. The van der Waals surface area contributed by atoms with Crippen LogP contribution in [0.5, 0.6) is 5.75 Å². The molecule has 0 saturated carbocycles. The zero-order valence-corrected chi connectivity index (χ0v) is 13.0. The smallest absolute Gasteiger partial charge is 0.228 e. The molecule has 4 rings (SSSR count). The highest BCUT2D eigenvalue weighted by Gasteiger charge is 2.30. The fraction of sp³-hybridized carbons (Fsp3) is 0.444. The van der Waals surface area contributed by atoms with Crippen molar-refractivity contribution in [3.8, 4) is 5.75 Å². The molecule has 2 atom stereocenters. The molecule has 1 aliphatic carbocycles. The van der Waals surface area contributed by atoms with Gasteiger partial charge in [0.05, 0.1) is 24.8 Å². The molecule has 23 heavy (non-hydrogen) atoms. The summed E-state index contributed by atoms with van der Waals surface area (Å²) in [4.78, 5) is 12.9. The van der Waals surface area contributed by atoms with Gasteiger partial charge in [-0.25, -0.2) is 0 Å². The number of H-pyrrole nitrogens is 1. The Kier molecular flexibility index (Phi) is 3.77. The number of aryl methyl sites for hydroxylation is 1. The molecule has 120 valence electrons. The number of benzene rings is 1. The summed E-state index contributed by atoms with van der Waals surface area (Å²) in [5.74, 6) is 0.908. The third-order valence-electron chi connectivity index (χ3n) is 4.87. The number of nitrogens with zero attached hydrogens (tertiary/aromatic N) is 1. The van der Waals surface area contributed by atoms with Crippen molar-refractivity contribution in [3.63, 3.8) is 0 Å². The highest BCUT2D eigenvalue weighted by atomic mass is 16.5.